The van der Waals surface area contributed by atoms with E-state index in [1.54, 1.807) is 0 Å². The molecule has 0 saturated carbocycles. The summed E-state index contributed by atoms with van der Waals surface area (Å²) in [6.45, 7) is 4.08. The molecule has 1 aromatic carbocycles. The number of nitrogens with two attached hydrogens (primary N) is 1. The van der Waals surface area contributed by atoms with Crippen molar-refractivity contribution in [3.05, 3.63) is 46.0 Å². The van der Waals surface area contributed by atoms with Gasteiger partial charge in [-0.1, -0.05) is 26.0 Å². The third kappa shape index (κ3) is 2.44. The molecule has 6 heteroatoms. The molecule has 21 heavy (non-hydrogen) atoms. The first kappa shape index (κ1) is 13.5. The molecular weight excluding hydrogens is 270 g/mol. The van der Waals surface area contributed by atoms with E-state index in [2.05, 4.69) is 9.97 Å². The van der Waals surface area contributed by atoms with Crippen LogP contribution < -0.4 is 20.8 Å². The minimum absolute atomic E-state index is 0.0135. The van der Waals surface area contributed by atoms with Crippen LogP contribution in [-0.4, -0.2) is 16.6 Å². The molecule has 110 valence electrons. The summed E-state index contributed by atoms with van der Waals surface area (Å²) in [5.41, 5.74) is 6.17. The van der Waals surface area contributed by atoms with Crippen molar-refractivity contribution in [2.75, 3.05) is 12.3 Å². The predicted molar refractivity (Wildman–Crippen MR) is 78.7 cm³/mol. The van der Waals surface area contributed by atoms with Gasteiger partial charge < -0.3 is 20.2 Å². The van der Waals surface area contributed by atoms with E-state index in [4.69, 9.17) is 15.2 Å². The molecule has 6 nitrogen and oxygen atoms in total. The Morgan fingerprint density at radius 1 is 1.33 bits per heavy atom. The normalized spacial score (nSPS) is 17.0. The van der Waals surface area contributed by atoms with Crippen molar-refractivity contribution in [3.8, 4) is 11.5 Å². The molecule has 2 aromatic rings. The molecule has 1 aliphatic rings. The maximum Gasteiger partial charge on any atom is 0.256 e. The van der Waals surface area contributed by atoms with Crippen LogP contribution in [0.2, 0.25) is 0 Å². The zero-order valence-corrected chi connectivity index (χ0v) is 11.9. The summed E-state index contributed by atoms with van der Waals surface area (Å²) in [6.07, 6.45) is -0.476. The van der Waals surface area contributed by atoms with E-state index in [0.29, 0.717) is 22.9 Å². The first-order valence-electron chi connectivity index (χ1n) is 6.84. The van der Waals surface area contributed by atoms with Gasteiger partial charge in [0.15, 0.2) is 23.4 Å². The fraction of sp³-hybridized carbons (Fsp3) is 0.333. The Kier molecular flexibility index (Phi) is 3.29. The van der Waals surface area contributed by atoms with E-state index in [9.17, 15) is 4.79 Å². The SMILES string of the molecule is CC(C)c1c(N)nc(C2COc3ccccc3O2)[nH]c1=O. The van der Waals surface area contributed by atoms with Gasteiger partial charge in [-0.25, -0.2) is 4.98 Å². The molecule has 1 aliphatic heterocycles. The Balaban J connectivity index is 1.94. The second-order valence-corrected chi connectivity index (χ2v) is 5.27. The van der Waals surface area contributed by atoms with Crippen molar-refractivity contribution in [2.24, 2.45) is 0 Å². The highest BCUT2D eigenvalue weighted by Crippen LogP contribution is 2.35. The third-order valence-corrected chi connectivity index (χ3v) is 3.39. The summed E-state index contributed by atoms with van der Waals surface area (Å²) >= 11 is 0. The number of hydrogen-bond acceptors (Lipinski definition) is 5. The van der Waals surface area contributed by atoms with Gasteiger partial charge in [-0.2, -0.15) is 0 Å². The summed E-state index contributed by atoms with van der Waals surface area (Å²) in [5, 5.41) is 0. The lowest BCUT2D eigenvalue weighted by Crippen LogP contribution is -2.28. The van der Waals surface area contributed by atoms with Crippen molar-refractivity contribution in [1.82, 2.24) is 9.97 Å². The standard InChI is InChI=1S/C15H17N3O3/c1-8(2)12-13(16)17-14(18-15(12)19)11-7-20-9-5-3-4-6-10(9)21-11/h3-6,8,11H,7H2,1-2H3,(H3,16,17,18,19). The van der Waals surface area contributed by atoms with Crippen LogP contribution >= 0.6 is 0 Å². The van der Waals surface area contributed by atoms with Crippen molar-refractivity contribution in [1.29, 1.82) is 0 Å². The van der Waals surface area contributed by atoms with Gasteiger partial charge in [0.05, 0.1) is 5.56 Å². The fourth-order valence-electron chi connectivity index (χ4n) is 2.38. The molecule has 0 amide bonds. The molecule has 0 aliphatic carbocycles. The molecule has 1 atom stereocenters. The number of nitrogen functional groups attached to an aromatic ring is 1. The van der Waals surface area contributed by atoms with E-state index >= 15 is 0 Å². The number of ether oxygens (including phenoxy) is 2. The summed E-state index contributed by atoms with van der Waals surface area (Å²) < 4.78 is 11.4. The highest BCUT2D eigenvalue weighted by molar-refractivity contribution is 5.42. The van der Waals surface area contributed by atoms with E-state index < -0.39 is 6.10 Å². The van der Waals surface area contributed by atoms with E-state index in [1.165, 1.54) is 0 Å². The van der Waals surface area contributed by atoms with Crippen molar-refractivity contribution >= 4 is 5.82 Å². The molecule has 0 saturated heterocycles. The summed E-state index contributed by atoms with van der Waals surface area (Å²) in [4.78, 5) is 19.1. The van der Waals surface area contributed by atoms with Gasteiger partial charge in [0.1, 0.15) is 12.4 Å². The number of anilines is 1. The highest BCUT2D eigenvalue weighted by atomic mass is 16.6. The Morgan fingerprint density at radius 2 is 2.05 bits per heavy atom. The zero-order chi connectivity index (χ0) is 15.0. The predicted octanol–water partition coefficient (Wildman–Crippen LogP) is 1.99. The van der Waals surface area contributed by atoms with Crippen molar-refractivity contribution in [3.63, 3.8) is 0 Å². The van der Waals surface area contributed by atoms with E-state index in [0.717, 1.165) is 0 Å². The molecule has 0 spiro atoms. The molecule has 3 N–H and O–H groups in total. The number of fused-ring (bicyclic) bond motifs is 1. The second-order valence-electron chi connectivity index (χ2n) is 5.27. The number of nitrogens with zero attached hydrogens (tertiary/aromatic N) is 1. The number of hydrogen-bond donors (Lipinski definition) is 2. The number of aromatic nitrogens is 2. The summed E-state index contributed by atoms with van der Waals surface area (Å²) in [5.74, 6) is 1.95. The van der Waals surface area contributed by atoms with Gasteiger partial charge in [0, 0.05) is 0 Å². The average molecular weight is 287 g/mol. The highest BCUT2D eigenvalue weighted by Gasteiger charge is 2.25. The molecular formula is C15H17N3O3. The van der Waals surface area contributed by atoms with Crippen molar-refractivity contribution < 1.29 is 9.47 Å². The molecule has 2 heterocycles. The molecule has 0 radical (unpaired) electrons. The third-order valence-electron chi connectivity index (χ3n) is 3.39. The zero-order valence-electron chi connectivity index (χ0n) is 11.9. The first-order valence-corrected chi connectivity index (χ1v) is 6.84. The van der Waals surface area contributed by atoms with Gasteiger partial charge in [0.2, 0.25) is 0 Å². The lowest BCUT2D eigenvalue weighted by Gasteiger charge is -2.26. The van der Waals surface area contributed by atoms with Crippen molar-refractivity contribution in [2.45, 2.75) is 25.9 Å². The molecule has 1 aromatic heterocycles. The van der Waals surface area contributed by atoms with Crippen LogP contribution in [0.4, 0.5) is 5.82 Å². The van der Waals surface area contributed by atoms with Crippen LogP contribution in [-0.2, 0) is 0 Å². The van der Waals surface area contributed by atoms with Gasteiger partial charge in [-0.05, 0) is 18.1 Å². The second kappa shape index (κ2) is 5.12. The lowest BCUT2D eigenvalue weighted by atomic mass is 10.1. The van der Waals surface area contributed by atoms with Crippen LogP contribution in [0.25, 0.3) is 0 Å². The molecule has 0 fully saturated rings. The average Bonchev–Trinajstić information content (AvgIpc) is 2.45. The number of rotatable bonds is 2. The Bertz CT molecular complexity index is 724. The minimum Gasteiger partial charge on any atom is -0.485 e. The fourth-order valence-corrected chi connectivity index (χ4v) is 2.38. The maximum absolute atomic E-state index is 12.1. The van der Waals surface area contributed by atoms with Crippen LogP contribution in [0.1, 0.15) is 37.3 Å². The molecule has 0 bridgehead atoms. The van der Waals surface area contributed by atoms with Gasteiger partial charge in [-0.15, -0.1) is 0 Å². The van der Waals surface area contributed by atoms with Gasteiger partial charge in [0.25, 0.3) is 5.56 Å². The van der Waals surface area contributed by atoms with Crippen LogP contribution in [0.15, 0.2) is 29.1 Å². The summed E-state index contributed by atoms with van der Waals surface area (Å²) in [7, 11) is 0. The monoisotopic (exact) mass is 287 g/mol. The topological polar surface area (TPSA) is 90.2 Å². The van der Waals surface area contributed by atoms with E-state index in [1.807, 2.05) is 38.1 Å². The number of aromatic amines is 1. The quantitative estimate of drug-likeness (QED) is 0.881. The van der Waals surface area contributed by atoms with E-state index in [-0.39, 0.29) is 23.9 Å². The summed E-state index contributed by atoms with van der Waals surface area (Å²) in [6, 6.07) is 7.37. The van der Waals surface area contributed by atoms with Crippen LogP contribution in [0.5, 0.6) is 11.5 Å². The molecule has 3 rings (SSSR count). The van der Waals surface area contributed by atoms with Crippen LogP contribution in [0.3, 0.4) is 0 Å². The lowest BCUT2D eigenvalue weighted by molar-refractivity contribution is 0.0849. The largest absolute Gasteiger partial charge is 0.485 e. The first-order chi connectivity index (χ1) is 10.1. The number of benzene rings is 1. The Morgan fingerprint density at radius 3 is 2.71 bits per heavy atom. The maximum atomic E-state index is 12.1. The number of para-hydroxylation sites is 2. The Labute approximate surface area is 121 Å². The minimum atomic E-state index is -0.476. The smallest absolute Gasteiger partial charge is 0.256 e. The molecule has 1 unspecified atom stereocenters. The number of H-pyrrole nitrogens is 1. The van der Waals surface area contributed by atoms with Gasteiger partial charge >= 0.3 is 0 Å². The number of nitrogens with one attached hydrogen (secondary N) is 1. The van der Waals surface area contributed by atoms with Gasteiger partial charge in [-0.3, -0.25) is 4.79 Å². The van der Waals surface area contributed by atoms with Crippen LogP contribution in [0, 0.1) is 0 Å². The Hall–Kier alpha value is -2.50.